The van der Waals surface area contributed by atoms with Gasteiger partial charge in [0.1, 0.15) is 25.1 Å². The number of carbonyl (C=O) groups is 1. The van der Waals surface area contributed by atoms with Gasteiger partial charge in [-0.05, 0) is 77.5 Å². The number of aliphatic hydroxyl groups is 1. The number of hydrogen-bond acceptors (Lipinski definition) is 5. The van der Waals surface area contributed by atoms with E-state index < -0.39 is 23.6 Å². The topological polar surface area (TPSA) is 79.8 Å². The summed E-state index contributed by atoms with van der Waals surface area (Å²) in [5, 5.41) is 12.7. The van der Waals surface area contributed by atoms with Crippen molar-refractivity contribution in [3.05, 3.63) is 87.0 Å². The lowest BCUT2D eigenvalue weighted by Crippen LogP contribution is -2.31. The van der Waals surface area contributed by atoms with E-state index in [4.69, 9.17) is 9.57 Å². The number of benzene rings is 3. The number of ether oxygens (including phenoxy) is 1. The zero-order chi connectivity index (χ0) is 23.1. The van der Waals surface area contributed by atoms with Gasteiger partial charge in [-0.25, -0.2) is 14.3 Å². The number of aryl methyl sites for hydroxylation is 1. The van der Waals surface area contributed by atoms with Crippen molar-refractivity contribution in [3.63, 3.8) is 0 Å². The number of anilines is 2. The van der Waals surface area contributed by atoms with Crippen LogP contribution < -0.4 is 15.5 Å². The normalized spacial score (nSPS) is 11.7. The van der Waals surface area contributed by atoms with Crippen molar-refractivity contribution in [2.75, 3.05) is 18.5 Å². The lowest BCUT2D eigenvalue weighted by molar-refractivity contribution is -0.0259. The second-order valence-corrected chi connectivity index (χ2v) is 8.13. The number of rotatable bonds is 9. The third kappa shape index (κ3) is 6.38. The van der Waals surface area contributed by atoms with Crippen molar-refractivity contribution in [3.8, 4) is 5.75 Å². The van der Waals surface area contributed by atoms with E-state index in [0.717, 1.165) is 21.3 Å². The van der Waals surface area contributed by atoms with Crippen LogP contribution in [0.4, 0.5) is 20.2 Å². The highest BCUT2D eigenvalue weighted by molar-refractivity contribution is 14.1. The molecular weight excluding hydrogens is 533 g/mol. The van der Waals surface area contributed by atoms with E-state index in [1.807, 2.05) is 19.1 Å². The Balaban J connectivity index is 1.62. The van der Waals surface area contributed by atoms with Gasteiger partial charge < -0.3 is 15.2 Å². The average molecular weight is 554 g/mol. The van der Waals surface area contributed by atoms with E-state index in [-0.39, 0.29) is 24.5 Å². The van der Waals surface area contributed by atoms with Gasteiger partial charge in [0.05, 0.1) is 11.3 Å². The number of carbonyl (C=O) groups excluding carboxylic acids is 1. The summed E-state index contributed by atoms with van der Waals surface area (Å²) in [6.45, 7) is 1.49. The number of halogens is 3. The van der Waals surface area contributed by atoms with Gasteiger partial charge in [0.2, 0.25) is 0 Å². The summed E-state index contributed by atoms with van der Waals surface area (Å²) in [7, 11) is 0. The lowest BCUT2D eigenvalue weighted by atomic mass is 10.1. The molecule has 168 valence electrons. The van der Waals surface area contributed by atoms with Crippen molar-refractivity contribution in [1.82, 2.24) is 5.48 Å². The molecule has 1 amide bonds. The van der Waals surface area contributed by atoms with Crippen LogP contribution in [0.25, 0.3) is 0 Å². The standard InChI is InChI=1S/C23H21F2IN2O4/c1-14-11-15(26)7-10-20(14)27-22-18(8-9-19(24)21(22)25)23(30)28-32-13-16(29)12-31-17-5-3-2-4-6-17/h2-11,16,27,29H,12-13H2,1H3,(H,28,30). The molecule has 0 aliphatic heterocycles. The summed E-state index contributed by atoms with van der Waals surface area (Å²) in [5.41, 5.74) is 2.99. The average Bonchev–Trinajstić information content (AvgIpc) is 2.78. The lowest BCUT2D eigenvalue weighted by Gasteiger charge is -2.16. The first-order valence-corrected chi connectivity index (χ1v) is 10.7. The fourth-order valence-corrected chi connectivity index (χ4v) is 3.43. The quantitative estimate of drug-likeness (QED) is 0.264. The third-order valence-electron chi connectivity index (χ3n) is 4.41. The predicted molar refractivity (Wildman–Crippen MR) is 125 cm³/mol. The molecule has 32 heavy (non-hydrogen) atoms. The molecule has 0 heterocycles. The van der Waals surface area contributed by atoms with Crippen molar-refractivity contribution in [2.24, 2.45) is 0 Å². The monoisotopic (exact) mass is 554 g/mol. The van der Waals surface area contributed by atoms with Crippen LogP contribution in [0.2, 0.25) is 0 Å². The van der Waals surface area contributed by atoms with E-state index in [2.05, 4.69) is 33.4 Å². The Hall–Kier alpha value is -2.76. The Morgan fingerprint density at radius 1 is 1.09 bits per heavy atom. The second kappa shape index (κ2) is 11.2. The molecule has 3 rings (SSSR count). The summed E-state index contributed by atoms with van der Waals surface area (Å²) in [4.78, 5) is 17.6. The van der Waals surface area contributed by atoms with Gasteiger partial charge in [-0.3, -0.25) is 9.63 Å². The van der Waals surface area contributed by atoms with Gasteiger partial charge in [0.25, 0.3) is 5.91 Å². The first-order valence-electron chi connectivity index (χ1n) is 9.64. The first-order chi connectivity index (χ1) is 15.3. The van der Waals surface area contributed by atoms with Crippen LogP contribution >= 0.6 is 22.6 Å². The molecule has 1 atom stereocenters. The van der Waals surface area contributed by atoms with Crippen LogP contribution in [-0.4, -0.2) is 30.3 Å². The first kappa shape index (κ1) is 23.9. The van der Waals surface area contributed by atoms with E-state index in [9.17, 15) is 18.7 Å². The van der Waals surface area contributed by atoms with Crippen molar-refractivity contribution in [1.29, 1.82) is 0 Å². The number of hydroxylamine groups is 1. The summed E-state index contributed by atoms with van der Waals surface area (Å²) >= 11 is 2.14. The molecule has 0 aliphatic rings. The molecule has 0 aliphatic carbocycles. The van der Waals surface area contributed by atoms with Crippen LogP contribution in [0.3, 0.4) is 0 Å². The van der Waals surface area contributed by atoms with Gasteiger partial charge in [-0.2, -0.15) is 0 Å². The Kier molecular flexibility index (Phi) is 8.37. The minimum Gasteiger partial charge on any atom is -0.491 e. The largest absolute Gasteiger partial charge is 0.491 e. The van der Waals surface area contributed by atoms with Crippen molar-refractivity contribution < 1.29 is 28.3 Å². The molecular formula is C23H21F2IN2O4. The molecule has 0 aromatic heterocycles. The zero-order valence-electron chi connectivity index (χ0n) is 17.1. The zero-order valence-corrected chi connectivity index (χ0v) is 19.2. The predicted octanol–water partition coefficient (Wildman–Crippen LogP) is 4.72. The number of amides is 1. The van der Waals surface area contributed by atoms with E-state index >= 15 is 0 Å². The highest BCUT2D eigenvalue weighted by Gasteiger charge is 2.20. The minimum atomic E-state index is -1.19. The Morgan fingerprint density at radius 3 is 2.56 bits per heavy atom. The van der Waals surface area contributed by atoms with Crippen molar-refractivity contribution >= 4 is 39.9 Å². The molecule has 3 aromatic carbocycles. The van der Waals surface area contributed by atoms with Gasteiger partial charge in [0.15, 0.2) is 11.6 Å². The summed E-state index contributed by atoms with van der Waals surface area (Å²) in [6.07, 6.45) is -1.02. The minimum absolute atomic E-state index is 0.0516. The van der Waals surface area contributed by atoms with Gasteiger partial charge >= 0.3 is 0 Å². The third-order valence-corrected chi connectivity index (χ3v) is 5.08. The van der Waals surface area contributed by atoms with Crippen LogP contribution in [0, 0.1) is 22.1 Å². The Labute approximate surface area is 197 Å². The maximum Gasteiger partial charge on any atom is 0.277 e. The molecule has 0 spiro atoms. The molecule has 6 nitrogen and oxygen atoms in total. The van der Waals surface area contributed by atoms with E-state index in [0.29, 0.717) is 11.4 Å². The summed E-state index contributed by atoms with van der Waals surface area (Å²) in [5.74, 6) is -2.50. The number of para-hydroxylation sites is 1. The maximum absolute atomic E-state index is 14.5. The highest BCUT2D eigenvalue weighted by Crippen LogP contribution is 2.28. The summed E-state index contributed by atoms with van der Waals surface area (Å²) in [6, 6.07) is 16.3. The van der Waals surface area contributed by atoms with Crippen LogP contribution in [-0.2, 0) is 4.84 Å². The molecule has 3 aromatic rings. The van der Waals surface area contributed by atoms with E-state index in [1.165, 1.54) is 0 Å². The fourth-order valence-electron chi connectivity index (χ4n) is 2.78. The Morgan fingerprint density at radius 2 is 1.84 bits per heavy atom. The van der Waals surface area contributed by atoms with Gasteiger partial charge in [0, 0.05) is 9.26 Å². The van der Waals surface area contributed by atoms with E-state index in [1.54, 1.807) is 36.4 Å². The van der Waals surface area contributed by atoms with Crippen LogP contribution in [0.5, 0.6) is 5.75 Å². The fraction of sp³-hybridized carbons (Fsp3) is 0.174. The molecule has 0 saturated carbocycles. The smallest absolute Gasteiger partial charge is 0.277 e. The maximum atomic E-state index is 14.5. The summed E-state index contributed by atoms with van der Waals surface area (Å²) < 4.78 is 34.7. The highest BCUT2D eigenvalue weighted by atomic mass is 127. The molecule has 9 heteroatoms. The molecule has 0 fully saturated rings. The number of aliphatic hydroxyl groups excluding tert-OH is 1. The van der Waals surface area contributed by atoms with Crippen LogP contribution in [0.15, 0.2) is 60.7 Å². The molecule has 0 radical (unpaired) electrons. The molecule has 0 bridgehead atoms. The second-order valence-electron chi connectivity index (χ2n) is 6.89. The number of nitrogens with one attached hydrogen (secondary N) is 2. The van der Waals surface area contributed by atoms with Gasteiger partial charge in [-0.1, -0.05) is 18.2 Å². The SMILES string of the molecule is Cc1cc(I)ccc1Nc1c(C(=O)NOCC(O)COc2ccccc2)ccc(F)c1F. The van der Waals surface area contributed by atoms with Crippen molar-refractivity contribution in [2.45, 2.75) is 13.0 Å². The Bertz CT molecular complexity index is 1080. The molecule has 0 saturated heterocycles. The molecule has 1 unspecified atom stereocenters. The van der Waals surface area contributed by atoms with Crippen LogP contribution in [0.1, 0.15) is 15.9 Å². The molecule has 3 N–H and O–H groups in total. The van der Waals surface area contributed by atoms with Gasteiger partial charge in [-0.15, -0.1) is 0 Å². The number of hydrogen-bond donors (Lipinski definition) is 3.